The highest BCUT2D eigenvalue weighted by Crippen LogP contribution is 2.40. The zero-order valence-corrected chi connectivity index (χ0v) is 12.1. The first-order valence-corrected chi connectivity index (χ1v) is 8.05. The molecule has 2 aromatic rings. The summed E-state index contributed by atoms with van der Waals surface area (Å²) in [6.07, 6.45) is 5.31. The first-order chi connectivity index (χ1) is 9.72. The van der Waals surface area contributed by atoms with Crippen LogP contribution < -0.4 is 10.6 Å². The predicted octanol–water partition coefficient (Wildman–Crippen LogP) is 1.72. The van der Waals surface area contributed by atoms with Gasteiger partial charge in [-0.25, -0.2) is 4.98 Å². The van der Waals surface area contributed by atoms with Crippen molar-refractivity contribution in [3.05, 3.63) is 10.4 Å². The van der Waals surface area contributed by atoms with E-state index in [2.05, 4.69) is 14.9 Å². The number of nitrogen functional groups attached to an aromatic ring is 1. The van der Waals surface area contributed by atoms with E-state index >= 15 is 0 Å². The van der Waals surface area contributed by atoms with Crippen molar-refractivity contribution in [2.24, 2.45) is 0 Å². The largest absolute Gasteiger partial charge is 0.391 e. The maximum Gasteiger partial charge on any atom is 0.222 e. The molecule has 4 rings (SSSR count). The van der Waals surface area contributed by atoms with Gasteiger partial charge in [-0.2, -0.15) is 4.98 Å². The first kappa shape index (κ1) is 12.3. The summed E-state index contributed by atoms with van der Waals surface area (Å²) in [6, 6.07) is 0. The lowest BCUT2D eigenvalue weighted by molar-refractivity contribution is 0.198. The van der Waals surface area contributed by atoms with Gasteiger partial charge in [0.05, 0.1) is 16.3 Å². The number of aliphatic hydroxyl groups excluding tert-OH is 1. The van der Waals surface area contributed by atoms with Gasteiger partial charge in [-0.1, -0.05) is 0 Å². The molecule has 6 heteroatoms. The molecule has 20 heavy (non-hydrogen) atoms. The Hall–Kier alpha value is -1.40. The van der Waals surface area contributed by atoms with E-state index in [4.69, 9.17) is 5.73 Å². The summed E-state index contributed by atoms with van der Waals surface area (Å²) in [7, 11) is 0. The van der Waals surface area contributed by atoms with Crippen LogP contribution >= 0.6 is 11.3 Å². The van der Waals surface area contributed by atoms with Gasteiger partial charge in [0, 0.05) is 18.0 Å². The summed E-state index contributed by atoms with van der Waals surface area (Å²) in [5.74, 6) is 1.27. The van der Waals surface area contributed by atoms with Gasteiger partial charge in [-0.3, -0.25) is 0 Å². The van der Waals surface area contributed by atoms with E-state index in [1.807, 2.05) is 11.3 Å². The molecule has 3 N–H and O–H groups in total. The van der Waals surface area contributed by atoms with Crippen LogP contribution in [0.5, 0.6) is 0 Å². The van der Waals surface area contributed by atoms with Crippen molar-refractivity contribution in [2.45, 2.75) is 38.2 Å². The number of fused-ring (bicyclic) bond motifs is 3. The molecule has 5 nitrogen and oxygen atoms in total. The average molecular weight is 290 g/mol. The number of nitrogens with two attached hydrogens (primary N) is 1. The van der Waals surface area contributed by atoms with Crippen molar-refractivity contribution in [3.8, 4) is 0 Å². The SMILES string of the molecule is Nc1nc(N2CCC(O)C2)c2sc3c(c2n1)CCCC3. The van der Waals surface area contributed by atoms with Gasteiger partial charge in [-0.15, -0.1) is 11.3 Å². The minimum Gasteiger partial charge on any atom is -0.391 e. The molecule has 1 atom stereocenters. The maximum absolute atomic E-state index is 9.75. The minimum absolute atomic E-state index is 0.254. The van der Waals surface area contributed by atoms with Crippen molar-refractivity contribution in [3.63, 3.8) is 0 Å². The van der Waals surface area contributed by atoms with Crippen LogP contribution in [0.3, 0.4) is 0 Å². The molecule has 0 radical (unpaired) electrons. The van der Waals surface area contributed by atoms with E-state index in [9.17, 15) is 5.11 Å². The Kier molecular flexibility index (Phi) is 2.82. The second kappa shape index (κ2) is 4.56. The van der Waals surface area contributed by atoms with Crippen LogP contribution in [0, 0.1) is 0 Å². The first-order valence-electron chi connectivity index (χ1n) is 7.23. The monoisotopic (exact) mass is 290 g/mol. The molecule has 0 aromatic carbocycles. The van der Waals surface area contributed by atoms with Crippen LogP contribution in [0.1, 0.15) is 29.7 Å². The number of aromatic nitrogens is 2. The highest BCUT2D eigenvalue weighted by atomic mass is 32.1. The lowest BCUT2D eigenvalue weighted by Crippen LogP contribution is -2.22. The molecule has 2 aromatic heterocycles. The maximum atomic E-state index is 9.75. The number of hydrogen-bond donors (Lipinski definition) is 2. The smallest absolute Gasteiger partial charge is 0.222 e. The zero-order chi connectivity index (χ0) is 13.7. The lowest BCUT2D eigenvalue weighted by Gasteiger charge is -2.17. The Balaban J connectivity index is 1.89. The number of aliphatic hydroxyl groups is 1. The molecule has 1 saturated heterocycles. The molecule has 106 valence electrons. The summed E-state index contributed by atoms with van der Waals surface area (Å²) >= 11 is 1.82. The highest BCUT2D eigenvalue weighted by Gasteiger charge is 2.27. The molecule has 1 unspecified atom stereocenters. The summed E-state index contributed by atoms with van der Waals surface area (Å²) in [4.78, 5) is 12.5. The van der Waals surface area contributed by atoms with Crippen LogP contribution in [0.4, 0.5) is 11.8 Å². The molecule has 0 bridgehead atoms. The number of thiophene rings is 1. The predicted molar refractivity (Wildman–Crippen MR) is 81.3 cm³/mol. The molecule has 0 spiro atoms. The van der Waals surface area contributed by atoms with Gasteiger partial charge in [0.15, 0.2) is 5.82 Å². The summed E-state index contributed by atoms with van der Waals surface area (Å²) < 4.78 is 1.15. The van der Waals surface area contributed by atoms with E-state index in [1.54, 1.807) is 0 Å². The third-order valence-electron chi connectivity index (χ3n) is 4.26. The number of β-amino-alcohol motifs (C(OH)–C–C–N with tert-alkyl or cyclic N) is 1. The fourth-order valence-electron chi connectivity index (χ4n) is 3.27. The number of aryl methyl sites for hydroxylation is 2. The lowest BCUT2D eigenvalue weighted by atomic mass is 9.98. The Morgan fingerprint density at radius 1 is 1.25 bits per heavy atom. The molecular weight excluding hydrogens is 272 g/mol. The normalized spacial score (nSPS) is 22.4. The van der Waals surface area contributed by atoms with Crippen molar-refractivity contribution in [1.29, 1.82) is 0 Å². The Labute approximate surface area is 121 Å². The number of rotatable bonds is 1. The second-order valence-electron chi connectivity index (χ2n) is 5.68. The molecule has 1 aliphatic heterocycles. The van der Waals surface area contributed by atoms with E-state index in [-0.39, 0.29) is 6.10 Å². The third-order valence-corrected chi connectivity index (χ3v) is 5.53. The fraction of sp³-hybridized carbons (Fsp3) is 0.571. The molecule has 2 aliphatic rings. The van der Waals surface area contributed by atoms with Crippen LogP contribution in [-0.2, 0) is 12.8 Å². The molecule has 0 saturated carbocycles. The van der Waals surface area contributed by atoms with Crippen LogP contribution in [-0.4, -0.2) is 34.3 Å². The third kappa shape index (κ3) is 1.86. The molecule has 1 fully saturated rings. The average Bonchev–Trinajstić information content (AvgIpc) is 3.02. The molecular formula is C14H18N4OS. The van der Waals surface area contributed by atoms with E-state index < -0.39 is 0 Å². The molecule has 3 heterocycles. The zero-order valence-electron chi connectivity index (χ0n) is 11.3. The summed E-state index contributed by atoms with van der Waals surface area (Å²) in [6.45, 7) is 1.49. The van der Waals surface area contributed by atoms with Crippen LogP contribution in [0.25, 0.3) is 10.2 Å². The number of hydrogen-bond acceptors (Lipinski definition) is 6. The second-order valence-corrected chi connectivity index (χ2v) is 6.79. The molecule has 1 aliphatic carbocycles. The van der Waals surface area contributed by atoms with Crippen LogP contribution in [0.15, 0.2) is 0 Å². The van der Waals surface area contributed by atoms with E-state index in [1.165, 1.54) is 23.3 Å². The van der Waals surface area contributed by atoms with Gasteiger partial charge in [0.2, 0.25) is 5.95 Å². The number of nitrogens with zero attached hydrogens (tertiary/aromatic N) is 3. The quantitative estimate of drug-likeness (QED) is 0.836. The number of anilines is 2. The minimum atomic E-state index is -0.254. The highest BCUT2D eigenvalue weighted by molar-refractivity contribution is 7.19. The van der Waals surface area contributed by atoms with Gasteiger partial charge < -0.3 is 15.7 Å². The standard InChI is InChI=1S/C14H18N4OS/c15-14-16-11-9-3-1-2-4-10(9)20-12(11)13(17-14)18-6-5-8(19)7-18/h8,19H,1-7H2,(H2,15,16,17). The van der Waals surface area contributed by atoms with Crippen molar-refractivity contribution in [2.75, 3.05) is 23.7 Å². The van der Waals surface area contributed by atoms with Gasteiger partial charge in [0.1, 0.15) is 0 Å². The molecule has 0 amide bonds. The van der Waals surface area contributed by atoms with E-state index in [0.29, 0.717) is 12.5 Å². The Morgan fingerprint density at radius 3 is 2.90 bits per heavy atom. The topological polar surface area (TPSA) is 75.3 Å². The van der Waals surface area contributed by atoms with E-state index in [0.717, 1.165) is 41.8 Å². The summed E-state index contributed by atoms with van der Waals surface area (Å²) in [5, 5.41) is 9.75. The van der Waals surface area contributed by atoms with Crippen molar-refractivity contribution >= 4 is 33.3 Å². The fourth-order valence-corrected chi connectivity index (χ4v) is 4.61. The van der Waals surface area contributed by atoms with Crippen LogP contribution in [0.2, 0.25) is 0 Å². The van der Waals surface area contributed by atoms with Gasteiger partial charge >= 0.3 is 0 Å². The van der Waals surface area contributed by atoms with Gasteiger partial charge in [0.25, 0.3) is 0 Å². The Morgan fingerprint density at radius 2 is 2.10 bits per heavy atom. The summed E-state index contributed by atoms with van der Waals surface area (Å²) in [5.41, 5.74) is 8.34. The Bertz CT molecular complexity index is 669. The van der Waals surface area contributed by atoms with Crippen molar-refractivity contribution < 1.29 is 5.11 Å². The van der Waals surface area contributed by atoms with Gasteiger partial charge in [-0.05, 0) is 37.7 Å². The van der Waals surface area contributed by atoms with Crippen molar-refractivity contribution in [1.82, 2.24) is 9.97 Å².